The molecule has 0 amide bonds. The highest BCUT2D eigenvalue weighted by Gasteiger charge is 2.05. The first kappa shape index (κ1) is 12.5. The molecule has 3 N–H and O–H groups in total. The van der Waals surface area contributed by atoms with E-state index in [2.05, 4.69) is 6.07 Å². The number of ether oxygens (including phenoxy) is 1. The van der Waals surface area contributed by atoms with Crippen LogP contribution in [-0.2, 0) is 6.42 Å². The van der Waals surface area contributed by atoms with Crippen molar-refractivity contribution in [3.8, 4) is 22.6 Å². The molecule has 0 aromatic heterocycles. The Morgan fingerprint density at radius 2 is 1.72 bits per heavy atom. The van der Waals surface area contributed by atoms with Gasteiger partial charge in [-0.25, -0.2) is 0 Å². The summed E-state index contributed by atoms with van der Waals surface area (Å²) in [5.41, 5.74) is 8.87. The number of nitrogens with two attached hydrogens (primary N) is 1. The van der Waals surface area contributed by atoms with Crippen LogP contribution in [0.3, 0.4) is 0 Å². The lowest BCUT2D eigenvalue weighted by molar-refractivity contribution is 0.410. The molecule has 0 aliphatic rings. The minimum absolute atomic E-state index is 0.273. The molecular weight excluding hydrogens is 226 g/mol. The van der Waals surface area contributed by atoms with Gasteiger partial charge in [-0.1, -0.05) is 18.2 Å². The van der Waals surface area contributed by atoms with Crippen molar-refractivity contribution in [2.75, 3.05) is 13.7 Å². The zero-order valence-electron chi connectivity index (χ0n) is 10.4. The van der Waals surface area contributed by atoms with E-state index in [4.69, 9.17) is 10.5 Å². The summed E-state index contributed by atoms with van der Waals surface area (Å²) in [6.45, 7) is 0.593. The predicted molar refractivity (Wildman–Crippen MR) is 72.9 cm³/mol. The van der Waals surface area contributed by atoms with E-state index in [9.17, 15) is 5.11 Å². The van der Waals surface area contributed by atoms with Crippen LogP contribution in [0.4, 0.5) is 0 Å². The largest absolute Gasteiger partial charge is 0.508 e. The quantitative estimate of drug-likeness (QED) is 0.867. The topological polar surface area (TPSA) is 55.5 Å². The van der Waals surface area contributed by atoms with Crippen LogP contribution in [0.5, 0.6) is 11.5 Å². The van der Waals surface area contributed by atoms with Crippen LogP contribution in [0, 0.1) is 0 Å². The smallest absolute Gasteiger partial charge is 0.122 e. The molecule has 0 radical (unpaired) electrons. The van der Waals surface area contributed by atoms with E-state index < -0.39 is 0 Å². The van der Waals surface area contributed by atoms with Crippen LogP contribution in [0.2, 0.25) is 0 Å². The predicted octanol–water partition coefficient (Wildman–Crippen LogP) is 2.57. The number of phenols is 1. The van der Waals surface area contributed by atoms with Crippen molar-refractivity contribution >= 4 is 0 Å². The molecule has 0 saturated carbocycles. The second-order valence-corrected chi connectivity index (χ2v) is 4.11. The van der Waals surface area contributed by atoms with E-state index in [1.54, 1.807) is 19.2 Å². The highest BCUT2D eigenvalue weighted by atomic mass is 16.5. The Balaban J connectivity index is 2.39. The van der Waals surface area contributed by atoms with Crippen molar-refractivity contribution in [3.05, 3.63) is 48.0 Å². The van der Waals surface area contributed by atoms with Crippen LogP contribution in [0.1, 0.15) is 5.56 Å². The maximum Gasteiger partial charge on any atom is 0.122 e. The minimum Gasteiger partial charge on any atom is -0.508 e. The van der Waals surface area contributed by atoms with Gasteiger partial charge in [0, 0.05) is 0 Å². The summed E-state index contributed by atoms with van der Waals surface area (Å²) >= 11 is 0. The van der Waals surface area contributed by atoms with E-state index >= 15 is 0 Å². The number of hydrogen-bond donors (Lipinski definition) is 2. The van der Waals surface area contributed by atoms with Gasteiger partial charge in [0.25, 0.3) is 0 Å². The van der Waals surface area contributed by atoms with Gasteiger partial charge in [-0.2, -0.15) is 0 Å². The molecule has 2 aromatic carbocycles. The van der Waals surface area contributed by atoms with Gasteiger partial charge in [0.1, 0.15) is 11.5 Å². The van der Waals surface area contributed by atoms with Gasteiger partial charge in [0.05, 0.1) is 7.11 Å². The molecule has 94 valence electrons. The highest BCUT2D eigenvalue weighted by Crippen LogP contribution is 2.27. The third-order valence-corrected chi connectivity index (χ3v) is 2.89. The first-order valence-electron chi connectivity index (χ1n) is 5.91. The van der Waals surface area contributed by atoms with E-state index in [1.807, 2.05) is 24.3 Å². The summed E-state index contributed by atoms with van der Waals surface area (Å²) in [4.78, 5) is 0. The number of phenolic OH excluding ortho intramolecular Hbond substituents is 1. The Hall–Kier alpha value is -2.00. The molecule has 0 fully saturated rings. The molecule has 3 nitrogen and oxygen atoms in total. The van der Waals surface area contributed by atoms with E-state index in [0.717, 1.165) is 28.9 Å². The Morgan fingerprint density at radius 3 is 2.33 bits per heavy atom. The summed E-state index contributed by atoms with van der Waals surface area (Å²) in [6.07, 6.45) is 0.787. The van der Waals surface area contributed by atoms with Gasteiger partial charge in [-0.15, -0.1) is 0 Å². The average Bonchev–Trinajstić information content (AvgIpc) is 2.40. The molecule has 0 saturated heterocycles. The standard InChI is InChI=1S/C15H17NO2/c1-18-15-7-4-12(10-13(15)8-9-16)11-2-5-14(17)6-3-11/h2-7,10,17H,8-9,16H2,1H3. The molecule has 0 atom stereocenters. The van der Waals surface area contributed by atoms with Gasteiger partial charge in [-0.05, 0) is 53.9 Å². The Bertz CT molecular complexity index is 521. The summed E-state index contributed by atoms with van der Waals surface area (Å²) in [6, 6.07) is 13.2. The number of hydrogen-bond acceptors (Lipinski definition) is 3. The molecule has 0 aliphatic carbocycles. The van der Waals surface area contributed by atoms with Crippen molar-refractivity contribution in [1.82, 2.24) is 0 Å². The van der Waals surface area contributed by atoms with Gasteiger partial charge in [-0.3, -0.25) is 0 Å². The molecule has 2 aromatic rings. The Morgan fingerprint density at radius 1 is 1.06 bits per heavy atom. The molecule has 3 heteroatoms. The van der Waals surface area contributed by atoms with Gasteiger partial charge >= 0.3 is 0 Å². The maximum absolute atomic E-state index is 9.29. The zero-order valence-corrected chi connectivity index (χ0v) is 10.4. The first-order valence-corrected chi connectivity index (χ1v) is 5.91. The monoisotopic (exact) mass is 243 g/mol. The fraction of sp³-hybridized carbons (Fsp3) is 0.200. The summed E-state index contributed by atoms with van der Waals surface area (Å²) in [5, 5.41) is 9.29. The fourth-order valence-electron chi connectivity index (χ4n) is 1.96. The lowest BCUT2D eigenvalue weighted by Crippen LogP contribution is -2.04. The molecule has 18 heavy (non-hydrogen) atoms. The molecule has 0 aliphatic heterocycles. The fourth-order valence-corrected chi connectivity index (χ4v) is 1.96. The van der Waals surface area contributed by atoms with Gasteiger partial charge in [0.2, 0.25) is 0 Å². The van der Waals surface area contributed by atoms with Crippen molar-refractivity contribution < 1.29 is 9.84 Å². The lowest BCUT2D eigenvalue weighted by Gasteiger charge is -2.10. The first-order chi connectivity index (χ1) is 8.74. The average molecular weight is 243 g/mol. The number of aromatic hydroxyl groups is 1. The Labute approximate surface area is 107 Å². The maximum atomic E-state index is 9.29. The summed E-state index contributed by atoms with van der Waals surface area (Å²) in [5.74, 6) is 1.14. The van der Waals surface area contributed by atoms with E-state index in [0.29, 0.717) is 6.54 Å². The second kappa shape index (κ2) is 5.56. The third-order valence-electron chi connectivity index (χ3n) is 2.89. The summed E-state index contributed by atoms with van der Waals surface area (Å²) in [7, 11) is 1.66. The number of benzene rings is 2. The summed E-state index contributed by atoms with van der Waals surface area (Å²) < 4.78 is 5.31. The van der Waals surface area contributed by atoms with Crippen molar-refractivity contribution in [3.63, 3.8) is 0 Å². The van der Waals surface area contributed by atoms with Crippen molar-refractivity contribution in [2.24, 2.45) is 5.73 Å². The van der Waals surface area contributed by atoms with Crippen LogP contribution in [0.25, 0.3) is 11.1 Å². The van der Waals surface area contributed by atoms with Crippen molar-refractivity contribution in [2.45, 2.75) is 6.42 Å². The highest BCUT2D eigenvalue weighted by molar-refractivity contribution is 5.66. The molecule has 0 heterocycles. The minimum atomic E-state index is 0.273. The van der Waals surface area contributed by atoms with Gasteiger partial charge < -0.3 is 15.6 Å². The molecular formula is C15H17NO2. The number of methoxy groups -OCH3 is 1. The van der Waals surface area contributed by atoms with Crippen LogP contribution >= 0.6 is 0 Å². The van der Waals surface area contributed by atoms with Crippen LogP contribution in [-0.4, -0.2) is 18.8 Å². The molecule has 0 spiro atoms. The molecule has 0 bridgehead atoms. The normalized spacial score (nSPS) is 10.3. The van der Waals surface area contributed by atoms with E-state index in [-0.39, 0.29) is 5.75 Å². The van der Waals surface area contributed by atoms with E-state index in [1.165, 1.54) is 0 Å². The zero-order chi connectivity index (χ0) is 13.0. The second-order valence-electron chi connectivity index (χ2n) is 4.11. The van der Waals surface area contributed by atoms with Gasteiger partial charge in [0.15, 0.2) is 0 Å². The van der Waals surface area contributed by atoms with Crippen LogP contribution < -0.4 is 10.5 Å². The third kappa shape index (κ3) is 2.63. The number of rotatable bonds is 4. The van der Waals surface area contributed by atoms with Crippen LogP contribution in [0.15, 0.2) is 42.5 Å². The SMILES string of the molecule is COc1ccc(-c2ccc(O)cc2)cc1CCN. The lowest BCUT2D eigenvalue weighted by atomic mass is 10.0. The Kier molecular flexibility index (Phi) is 3.85. The van der Waals surface area contributed by atoms with Crippen molar-refractivity contribution in [1.29, 1.82) is 0 Å². The molecule has 2 rings (SSSR count). The molecule has 0 unspecified atom stereocenters.